The second kappa shape index (κ2) is 5.12. The Kier molecular flexibility index (Phi) is 3.29. The summed E-state index contributed by atoms with van der Waals surface area (Å²) in [5.74, 6) is 0. The smallest absolute Gasteiger partial charge is 0.170 e. The van der Waals surface area contributed by atoms with Crippen LogP contribution in [0.2, 0.25) is 5.02 Å². The van der Waals surface area contributed by atoms with E-state index in [2.05, 4.69) is 55.2 Å². The first-order valence-electron chi connectivity index (χ1n) is 8.00. The van der Waals surface area contributed by atoms with Gasteiger partial charge in [0, 0.05) is 22.7 Å². The van der Waals surface area contributed by atoms with E-state index < -0.39 is 5.72 Å². The lowest BCUT2D eigenvalue weighted by molar-refractivity contribution is 0.000337. The lowest BCUT2D eigenvalue weighted by Crippen LogP contribution is -2.51. The number of ether oxygens (including phenoxy) is 1. The molecule has 4 rings (SSSR count). The molecule has 2 aliphatic rings. The average Bonchev–Trinajstić information content (AvgIpc) is 3.06. The molecule has 2 aromatic carbocycles. The van der Waals surface area contributed by atoms with Crippen molar-refractivity contribution in [1.82, 2.24) is 0 Å². The summed E-state index contributed by atoms with van der Waals surface area (Å²) in [4.78, 5) is 2.40. The van der Waals surface area contributed by atoms with Gasteiger partial charge < -0.3 is 9.64 Å². The van der Waals surface area contributed by atoms with Crippen molar-refractivity contribution in [1.29, 1.82) is 0 Å². The maximum atomic E-state index is 6.32. The fourth-order valence-electron chi connectivity index (χ4n) is 3.91. The molecule has 0 saturated carbocycles. The molecule has 0 radical (unpaired) electrons. The van der Waals surface area contributed by atoms with Crippen LogP contribution in [0.15, 0.2) is 54.6 Å². The topological polar surface area (TPSA) is 12.5 Å². The van der Waals surface area contributed by atoms with Crippen LogP contribution in [0.1, 0.15) is 25.0 Å². The van der Waals surface area contributed by atoms with Gasteiger partial charge in [-0.05, 0) is 35.4 Å². The van der Waals surface area contributed by atoms with Crippen molar-refractivity contribution in [3.8, 4) is 0 Å². The number of fused-ring (bicyclic) bond motifs is 3. The highest BCUT2D eigenvalue weighted by Gasteiger charge is 2.58. The highest BCUT2D eigenvalue weighted by Crippen LogP contribution is 2.54. The van der Waals surface area contributed by atoms with Crippen molar-refractivity contribution in [2.75, 3.05) is 18.1 Å². The Balaban J connectivity index is 1.78. The van der Waals surface area contributed by atoms with Gasteiger partial charge >= 0.3 is 0 Å². The third-order valence-corrected chi connectivity index (χ3v) is 5.43. The van der Waals surface area contributed by atoms with Crippen molar-refractivity contribution < 1.29 is 4.74 Å². The first kappa shape index (κ1) is 14.8. The SMILES string of the molecule is CC1(C)c2ccccc2N2CCOC21C=Cc1ccc(Cl)cc1. The highest BCUT2D eigenvalue weighted by atomic mass is 35.5. The van der Waals surface area contributed by atoms with Gasteiger partial charge in [0.15, 0.2) is 5.72 Å². The maximum Gasteiger partial charge on any atom is 0.170 e. The minimum Gasteiger partial charge on any atom is -0.349 e. The average molecular weight is 326 g/mol. The molecule has 0 spiro atoms. The Labute approximate surface area is 142 Å². The lowest BCUT2D eigenvalue weighted by atomic mass is 9.77. The fraction of sp³-hybridized carbons (Fsp3) is 0.300. The fourth-order valence-corrected chi connectivity index (χ4v) is 4.04. The van der Waals surface area contributed by atoms with E-state index in [9.17, 15) is 0 Å². The second-order valence-corrected chi connectivity index (χ2v) is 7.16. The second-order valence-electron chi connectivity index (χ2n) is 6.72. The van der Waals surface area contributed by atoms with Gasteiger partial charge in [0.1, 0.15) is 0 Å². The molecule has 118 valence electrons. The molecule has 2 aromatic rings. The largest absolute Gasteiger partial charge is 0.349 e. The van der Waals surface area contributed by atoms with Crippen molar-refractivity contribution >= 4 is 23.4 Å². The van der Waals surface area contributed by atoms with Gasteiger partial charge in [0.25, 0.3) is 0 Å². The molecule has 1 atom stereocenters. The molecule has 0 aromatic heterocycles. The minimum absolute atomic E-state index is 0.108. The predicted molar refractivity (Wildman–Crippen MR) is 96.0 cm³/mol. The Morgan fingerprint density at radius 2 is 1.83 bits per heavy atom. The van der Waals surface area contributed by atoms with Crippen LogP contribution < -0.4 is 4.90 Å². The number of nitrogens with zero attached hydrogens (tertiary/aromatic N) is 1. The number of para-hydroxylation sites is 1. The third kappa shape index (κ3) is 2.05. The summed E-state index contributed by atoms with van der Waals surface area (Å²) in [5.41, 5.74) is 3.24. The highest BCUT2D eigenvalue weighted by molar-refractivity contribution is 6.30. The molecule has 2 heterocycles. The van der Waals surface area contributed by atoms with Crippen molar-refractivity contribution in [3.05, 3.63) is 70.8 Å². The standard InChI is InChI=1S/C20H20ClNO/c1-19(2)17-5-3-4-6-18(17)22-13-14-23-20(19,22)12-11-15-7-9-16(21)10-8-15/h3-12H,13-14H2,1-2H3. The molecule has 1 saturated heterocycles. The van der Waals surface area contributed by atoms with Crippen LogP contribution >= 0.6 is 11.6 Å². The first-order chi connectivity index (χ1) is 11.0. The molecule has 23 heavy (non-hydrogen) atoms. The van der Waals surface area contributed by atoms with Gasteiger partial charge in [0.2, 0.25) is 0 Å². The molecule has 0 bridgehead atoms. The van der Waals surface area contributed by atoms with Crippen LogP contribution in [-0.4, -0.2) is 18.9 Å². The van der Waals surface area contributed by atoms with Gasteiger partial charge in [0.05, 0.1) is 6.61 Å². The Bertz CT molecular complexity index is 765. The zero-order chi connectivity index (χ0) is 16.1. The number of hydrogen-bond acceptors (Lipinski definition) is 2. The number of hydrogen-bond donors (Lipinski definition) is 0. The summed E-state index contributed by atoms with van der Waals surface area (Å²) in [7, 11) is 0. The van der Waals surface area contributed by atoms with Crippen LogP contribution in [-0.2, 0) is 10.2 Å². The van der Waals surface area contributed by atoms with E-state index >= 15 is 0 Å². The molecule has 0 N–H and O–H groups in total. The summed E-state index contributed by atoms with van der Waals surface area (Å²) in [6, 6.07) is 16.5. The molecule has 1 fully saturated rings. The van der Waals surface area contributed by atoms with E-state index in [-0.39, 0.29) is 5.41 Å². The van der Waals surface area contributed by atoms with Gasteiger partial charge in [-0.25, -0.2) is 0 Å². The quantitative estimate of drug-likeness (QED) is 0.780. The lowest BCUT2D eigenvalue weighted by Gasteiger charge is -2.39. The third-order valence-electron chi connectivity index (χ3n) is 5.17. The van der Waals surface area contributed by atoms with E-state index in [0.29, 0.717) is 0 Å². The molecule has 0 aliphatic carbocycles. The van der Waals surface area contributed by atoms with Crippen LogP contribution in [0.25, 0.3) is 6.08 Å². The van der Waals surface area contributed by atoms with E-state index in [1.165, 1.54) is 11.3 Å². The van der Waals surface area contributed by atoms with Crippen LogP contribution in [0, 0.1) is 0 Å². The van der Waals surface area contributed by atoms with E-state index in [4.69, 9.17) is 16.3 Å². The monoisotopic (exact) mass is 325 g/mol. The molecule has 2 nitrogen and oxygen atoms in total. The van der Waals surface area contributed by atoms with Gasteiger partial charge in [-0.3, -0.25) is 0 Å². The molecule has 3 heteroatoms. The molecule has 2 aliphatic heterocycles. The number of anilines is 1. The summed E-state index contributed by atoms with van der Waals surface area (Å²) in [6.45, 7) is 6.21. The van der Waals surface area contributed by atoms with Crippen LogP contribution in [0.4, 0.5) is 5.69 Å². The van der Waals surface area contributed by atoms with E-state index in [1.54, 1.807) is 0 Å². The van der Waals surface area contributed by atoms with Gasteiger partial charge in [-0.1, -0.05) is 61.9 Å². The van der Waals surface area contributed by atoms with Gasteiger partial charge in [-0.15, -0.1) is 0 Å². The van der Waals surface area contributed by atoms with Crippen molar-refractivity contribution in [2.45, 2.75) is 25.0 Å². The Morgan fingerprint density at radius 1 is 1.09 bits per heavy atom. The normalized spacial score (nSPS) is 24.9. The molecule has 0 amide bonds. The Morgan fingerprint density at radius 3 is 2.61 bits per heavy atom. The van der Waals surface area contributed by atoms with Crippen molar-refractivity contribution in [2.24, 2.45) is 0 Å². The zero-order valence-electron chi connectivity index (χ0n) is 13.4. The van der Waals surface area contributed by atoms with E-state index in [1.807, 2.05) is 24.3 Å². The minimum atomic E-state index is -0.420. The summed E-state index contributed by atoms with van der Waals surface area (Å²) >= 11 is 5.98. The van der Waals surface area contributed by atoms with Crippen LogP contribution in [0.3, 0.4) is 0 Å². The Hall–Kier alpha value is -1.77. The molecular formula is C20H20ClNO. The summed E-state index contributed by atoms with van der Waals surface area (Å²) in [5, 5.41) is 0.757. The summed E-state index contributed by atoms with van der Waals surface area (Å²) < 4.78 is 6.32. The molecular weight excluding hydrogens is 306 g/mol. The molecule has 1 unspecified atom stereocenters. The van der Waals surface area contributed by atoms with Crippen LogP contribution in [0.5, 0.6) is 0 Å². The predicted octanol–water partition coefficient (Wildman–Crippen LogP) is 4.88. The zero-order valence-corrected chi connectivity index (χ0v) is 14.2. The van der Waals surface area contributed by atoms with E-state index in [0.717, 1.165) is 23.7 Å². The van der Waals surface area contributed by atoms with Crippen molar-refractivity contribution in [3.63, 3.8) is 0 Å². The number of benzene rings is 2. The van der Waals surface area contributed by atoms with Gasteiger partial charge in [-0.2, -0.15) is 0 Å². The number of rotatable bonds is 2. The first-order valence-corrected chi connectivity index (χ1v) is 8.38. The number of halogens is 1. The summed E-state index contributed by atoms with van der Waals surface area (Å²) in [6.07, 6.45) is 4.35. The maximum absolute atomic E-state index is 6.32.